The SMILES string of the molecule is COc1ccc(OC)c(C2=NN(S(=O)(=O)c3ccccc3)[C@H](c3ccc(C)cc3)C2)c1. The Morgan fingerprint density at radius 3 is 2.29 bits per heavy atom. The Morgan fingerprint density at radius 1 is 0.935 bits per heavy atom. The van der Waals surface area contributed by atoms with E-state index in [-0.39, 0.29) is 4.90 Å². The van der Waals surface area contributed by atoms with E-state index in [0.29, 0.717) is 29.2 Å². The van der Waals surface area contributed by atoms with Crippen molar-refractivity contribution < 1.29 is 17.9 Å². The number of hydrogen-bond acceptors (Lipinski definition) is 5. The van der Waals surface area contributed by atoms with Gasteiger partial charge in [0, 0.05) is 12.0 Å². The summed E-state index contributed by atoms with van der Waals surface area (Å²) in [6.45, 7) is 2.00. The molecule has 0 spiro atoms. The van der Waals surface area contributed by atoms with Gasteiger partial charge in [-0.25, -0.2) is 0 Å². The molecule has 1 aliphatic heterocycles. The largest absolute Gasteiger partial charge is 0.497 e. The van der Waals surface area contributed by atoms with Crippen molar-refractivity contribution in [3.05, 3.63) is 89.5 Å². The molecule has 0 bridgehead atoms. The maximum atomic E-state index is 13.5. The Morgan fingerprint density at radius 2 is 1.65 bits per heavy atom. The van der Waals surface area contributed by atoms with Crippen LogP contribution in [-0.4, -0.2) is 32.8 Å². The number of aryl methyl sites for hydroxylation is 1. The van der Waals surface area contributed by atoms with Crippen LogP contribution in [0.15, 0.2) is 82.8 Å². The third-order valence-corrected chi connectivity index (χ3v) is 7.04. The predicted octanol–water partition coefficient (Wildman–Crippen LogP) is 4.55. The van der Waals surface area contributed by atoms with Crippen molar-refractivity contribution in [2.45, 2.75) is 24.3 Å². The van der Waals surface area contributed by atoms with Crippen molar-refractivity contribution in [2.75, 3.05) is 14.2 Å². The number of ether oxygens (including phenoxy) is 2. The van der Waals surface area contributed by atoms with Crippen LogP contribution >= 0.6 is 0 Å². The second kappa shape index (κ2) is 8.43. The van der Waals surface area contributed by atoms with Gasteiger partial charge < -0.3 is 9.47 Å². The standard InChI is InChI=1S/C24H24N2O4S/c1-17-9-11-18(12-10-17)23-16-22(21-15-19(29-2)13-14-24(21)30-3)25-26(23)31(27,28)20-7-5-4-6-8-20/h4-15,23H,16H2,1-3H3/t23-/m0/s1. The minimum absolute atomic E-state index is 0.203. The number of hydrazone groups is 1. The monoisotopic (exact) mass is 436 g/mol. The van der Waals surface area contributed by atoms with Crippen LogP contribution in [-0.2, 0) is 10.0 Å². The number of rotatable bonds is 6. The summed E-state index contributed by atoms with van der Waals surface area (Å²) in [6, 6.07) is 21.2. The smallest absolute Gasteiger partial charge is 0.279 e. The molecule has 3 aromatic carbocycles. The maximum Gasteiger partial charge on any atom is 0.279 e. The molecule has 0 saturated heterocycles. The lowest BCUT2D eigenvalue weighted by Gasteiger charge is -2.23. The highest BCUT2D eigenvalue weighted by Gasteiger charge is 2.38. The second-order valence-corrected chi connectivity index (χ2v) is 9.13. The van der Waals surface area contributed by atoms with Crippen molar-refractivity contribution in [2.24, 2.45) is 5.10 Å². The van der Waals surface area contributed by atoms with Crippen LogP contribution in [0.2, 0.25) is 0 Å². The Hall–Kier alpha value is -3.32. The molecule has 0 radical (unpaired) electrons. The molecule has 0 N–H and O–H groups in total. The topological polar surface area (TPSA) is 68.2 Å². The van der Waals surface area contributed by atoms with Crippen LogP contribution in [0.5, 0.6) is 11.5 Å². The van der Waals surface area contributed by atoms with Gasteiger partial charge in [0.1, 0.15) is 11.5 Å². The van der Waals surface area contributed by atoms with Crippen LogP contribution < -0.4 is 9.47 Å². The van der Waals surface area contributed by atoms with Gasteiger partial charge in [-0.1, -0.05) is 48.0 Å². The molecule has 0 saturated carbocycles. The summed E-state index contributed by atoms with van der Waals surface area (Å²) in [6.07, 6.45) is 0.415. The molecule has 0 aliphatic carbocycles. The van der Waals surface area contributed by atoms with Gasteiger partial charge in [0.25, 0.3) is 10.0 Å². The fourth-order valence-electron chi connectivity index (χ4n) is 3.65. The van der Waals surface area contributed by atoms with E-state index >= 15 is 0 Å². The maximum absolute atomic E-state index is 13.5. The van der Waals surface area contributed by atoms with Crippen LogP contribution in [0, 0.1) is 6.92 Å². The predicted molar refractivity (Wildman–Crippen MR) is 120 cm³/mol. The van der Waals surface area contributed by atoms with Gasteiger partial charge in [-0.05, 0) is 42.8 Å². The second-order valence-electron chi connectivity index (χ2n) is 7.33. The third kappa shape index (κ3) is 4.01. The minimum Gasteiger partial charge on any atom is -0.497 e. The van der Waals surface area contributed by atoms with Crippen LogP contribution in [0.4, 0.5) is 0 Å². The summed E-state index contributed by atoms with van der Waals surface area (Å²) < 4.78 is 39.1. The van der Waals surface area contributed by atoms with Gasteiger partial charge in [-0.15, -0.1) is 0 Å². The first-order chi connectivity index (χ1) is 14.9. The van der Waals surface area contributed by atoms with Gasteiger partial charge in [-0.2, -0.15) is 17.9 Å². The van der Waals surface area contributed by atoms with Gasteiger partial charge in [0.05, 0.1) is 30.9 Å². The van der Waals surface area contributed by atoms with E-state index in [9.17, 15) is 8.42 Å². The van der Waals surface area contributed by atoms with Crippen molar-refractivity contribution >= 4 is 15.7 Å². The highest BCUT2D eigenvalue weighted by Crippen LogP contribution is 2.39. The van der Waals surface area contributed by atoms with Crippen molar-refractivity contribution in [1.29, 1.82) is 0 Å². The minimum atomic E-state index is -3.85. The molecule has 6 nitrogen and oxygen atoms in total. The first-order valence-corrected chi connectivity index (χ1v) is 11.3. The summed E-state index contributed by atoms with van der Waals surface area (Å²) in [4.78, 5) is 0.203. The van der Waals surface area contributed by atoms with E-state index < -0.39 is 16.1 Å². The Balaban J connectivity index is 1.84. The first-order valence-electron chi connectivity index (χ1n) is 9.90. The number of sulfonamides is 1. The third-order valence-electron chi connectivity index (χ3n) is 5.34. The van der Waals surface area contributed by atoms with E-state index in [2.05, 4.69) is 5.10 Å². The summed E-state index contributed by atoms with van der Waals surface area (Å²) in [5.74, 6) is 1.26. The average molecular weight is 437 g/mol. The molecule has 7 heteroatoms. The Kier molecular flexibility index (Phi) is 5.69. The molecule has 3 aromatic rings. The fraction of sp³-hybridized carbons (Fsp3) is 0.208. The molecule has 0 amide bonds. The average Bonchev–Trinajstić information content (AvgIpc) is 3.26. The first kappa shape index (κ1) is 20.9. The van der Waals surface area contributed by atoms with Crippen molar-refractivity contribution in [3.63, 3.8) is 0 Å². The fourth-order valence-corrected chi connectivity index (χ4v) is 5.10. The van der Waals surface area contributed by atoms with Crippen LogP contribution in [0.1, 0.15) is 29.2 Å². The molecule has 1 atom stereocenters. The molecular formula is C24H24N2O4S. The molecule has 31 heavy (non-hydrogen) atoms. The van der Waals surface area contributed by atoms with Crippen molar-refractivity contribution in [1.82, 2.24) is 4.41 Å². The van der Waals surface area contributed by atoms with E-state index in [4.69, 9.17) is 9.47 Å². The van der Waals surface area contributed by atoms with Gasteiger partial charge in [0.15, 0.2) is 0 Å². The van der Waals surface area contributed by atoms with Gasteiger partial charge in [0.2, 0.25) is 0 Å². The van der Waals surface area contributed by atoms with Gasteiger partial charge >= 0.3 is 0 Å². The normalized spacial score (nSPS) is 16.2. The molecule has 0 unspecified atom stereocenters. The van der Waals surface area contributed by atoms with E-state index in [1.807, 2.05) is 37.3 Å². The molecule has 1 heterocycles. The van der Waals surface area contributed by atoms with Crippen LogP contribution in [0.25, 0.3) is 0 Å². The van der Waals surface area contributed by atoms with Gasteiger partial charge in [-0.3, -0.25) is 0 Å². The molecule has 0 fully saturated rings. The number of hydrogen-bond donors (Lipinski definition) is 0. The zero-order valence-electron chi connectivity index (χ0n) is 17.6. The summed E-state index contributed by atoms with van der Waals surface area (Å²) in [5.41, 5.74) is 3.33. The quantitative estimate of drug-likeness (QED) is 0.568. The summed E-state index contributed by atoms with van der Waals surface area (Å²) in [5, 5.41) is 4.60. The lowest BCUT2D eigenvalue weighted by atomic mass is 9.98. The highest BCUT2D eigenvalue weighted by atomic mass is 32.2. The molecule has 160 valence electrons. The van der Waals surface area contributed by atoms with E-state index in [1.165, 1.54) is 4.41 Å². The highest BCUT2D eigenvalue weighted by molar-refractivity contribution is 7.89. The summed E-state index contributed by atoms with van der Waals surface area (Å²) >= 11 is 0. The zero-order valence-corrected chi connectivity index (χ0v) is 18.5. The summed E-state index contributed by atoms with van der Waals surface area (Å²) in [7, 11) is -0.682. The Bertz CT molecular complexity index is 1210. The number of benzene rings is 3. The molecule has 0 aromatic heterocycles. The lowest BCUT2D eigenvalue weighted by Crippen LogP contribution is -2.27. The number of nitrogens with zero attached hydrogens (tertiary/aromatic N) is 2. The lowest BCUT2D eigenvalue weighted by molar-refractivity contribution is 0.371. The van der Waals surface area contributed by atoms with E-state index in [0.717, 1.165) is 11.1 Å². The molecule has 1 aliphatic rings. The molecule has 4 rings (SSSR count). The zero-order chi connectivity index (χ0) is 22.0. The number of methoxy groups -OCH3 is 2. The van der Waals surface area contributed by atoms with Crippen molar-refractivity contribution in [3.8, 4) is 11.5 Å². The van der Waals surface area contributed by atoms with E-state index in [1.54, 1.807) is 56.7 Å². The van der Waals surface area contributed by atoms with Crippen LogP contribution in [0.3, 0.4) is 0 Å². The Labute approximate surface area is 182 Å². The molecular weight excluding hydrogens is 412 g/mol.